The maximum atomic E-state index is 11.1. The SMILES string of the molecule is CCc1nc(C)nc2[nH]c(=O)ccc12. The summed E-state index contributed by atoms with van der Waals surface area (Å²) < 4.78 is 0. The van der Waals surface area contributed by atoms with E-state index in [9.17, 15) is 4.79 Å². The number of nitrogens with zero attached hydrogens (tertiary/aromatic N) is 2. The molecule has 0 spiro atoms. The van der Waals surface area contributed by atoms with E-state index in [0.717, 1.165) is 17.5 Å². The fraction of sp³-hybridized carbons (Fsp3) is 0.300. The molecule has 14 heavy (non-hydrogen) atoms. The molecule has 0 unspecified atom stereocenters. The Morgan fingerprint density at radius 2 is 2.14 bits per heavy atom. The van der Waals surface area contributed by atoms with Gasteiger partial charge in [0.15, 0.2) is 0 Å². The molecule has 0 radical (unpaired) electrons. The van der Waals surface area contributed by atoms with Gasteiger partial charge in [-0.1, -0.05) is 6.92 Å². The number of hydrogen-bond donors (Lipinski definition) is 1. The summed E-state index contributed by atoms with van der Waals surface area (Å²) in [6.45, 7) is 3.86. The van der Waals surface area contributed by atoms with Gasteiger partial charge in [0.05, 0.1) is 5.69 Å². The number of nitrogens with one attached hydrogen (secondary N) is 1. The van der Waals surface area contributed by atoms with Crippen molar-refractivity contribution in [3.8, 4) is 0 Å². The fourth-order valence-corrected chi connectivity index (χ4v) is 1.50. The quantitative estimate of drug-likeness (QED) is 0.733. The first kappa shape index (κ1) is 8.87. The largest absolute Gasteiger partial charge is 0.306 e. The van der Waals surface area contributed by atoms with Gasteiger partial charge >= 0.3 is 0 Å². The normalized spacial score (nSPS) is 10.7. The third kappa shape index (κ3) is 1.39. The number of aromatic nitrogens is 3. The molecule has 2 aromatic rings. The molecule has 0 atom stereocenters. The van der Waals surface area contributed by atoms with Gasteiger partial charge in [-0.05, 0) is 19.4 Å². The first-order valence-electron chi connectivity index (χ1n) is 4.57. The van der Waals surface area contributed by atoms with Crippen molar-refractivity contribution in [1.82, 2.24) is 15.0 Å². The van der Waals surface area contributed by atoms with Crippen molar-refractivity contribution in [1.29, 1.82) is 0 Å². The van der Waals surface area contributed by atoms with Crippen LogP contribution in [0.15, 0.2) is 16.9 Å². The minimum Gasteiger partial charge on any atom is -0.306 e. The summed E-state index contributed by atoms with van der Waals surface area (Å²) in [5.41, 5.74) is 1.48. The molecule has 4 nitrogen and oxygen atoms in total. The average molecular weight is 189 g/mol. The Bertz CT molecular complexity index is 530. The van der Waals surface area contributed by atoms with E-state index in [1.807, 2.05) is 13.8 Å². The second-order valence-corrected chi connectivity index (χ2v) is 3.16. The second-order valence-electron chi connectivity index (χ2n) is 3.16. The van der Waals surface area contributed by atoms with E-state index in [4.69, 9.17) is 0 Å². The van der Waals surface area contributed by atoms with Crippen LogP contribution >= 0.6 is 0 Å². The Balaban J connectivity index is 2.87. The van der Waals surface area contributed by atoms with Gasteiger partial charge in [-0.25, -0.2) is 9.97 Å². The maximum absolute atomic E-state index is 11.1. The monoisotopic (exact) mass is 189 g/mol. The van der Waals surface area contributed by atoms with Crippen LogP contribution in [0.25, 0.3) is 11.0 Å². The lowest BCUT2D eigenvalue weighted by Gasteiger charge is -2.03. The summed E-state index contributed by atoms with van der Waals surface area (Å²) >= 11 is 0. The molecule has 1 N–H and O–H groups in total. The number of fused-ring (bicyclic) bond motifs is 1. The van der Waals surface area contributed by atoms with Crippen molar-refractivity contribution in [3.05, 3.63) is 34.0 Å². The Morgan fingerprint density at radius 3 is 2.86 bits per heavy atom. The van der Waals surface area contributed by atoms with Crippen molar-refractivity contribution in [2.24, 2.45) is 0 Å². The molecule has 0 amide bonds. The van der Waals surface area contributed by atoms with E-state index < -0.39 is 0 Å². The van der Waals surface area contributed by atoms with Gasteiger partial charge in [0.2, 0.25) is 5.56 Å². The topological polar surface area (TPSA) is 58.6 Å². The first-order chi connectivity index (χ1) is 6.70. The maximum Gasteiger partial charge on any atom is 0.249 e. The lowest BCUT2D eigenvalue weighted by atomic mass is 10.2. The number of hydrogen-bond acceptors (Lipinski definition) is 3. The minimum absolute atomic E-state index is 0.127. The zero-order valence-electron chi connectivity index (χ0n) is 8.16. The standard InChI is InChI=1S/C10H11N3O/c1-3-8-7-4-5-9(14)13-10(7)12-6(2)11-8/h4-5H,3H2,1-2H3,(H,11,12,13,14). The van der Waals surface area contributed by atoms with Crippen LogP contribution in [0.4, 0.5) is 0 Å². The Labute approximate surface area is 81.0 Å². The van der Waals surface area contributed by atoms with Crippen molar-refractivity contribution in [3.63, 3.8) is 0 Å². The van der Waals surface area contributed by atoms with Crippen LogP contribution in [0.3, 0.4) is 0 Å². The zero-order chi connectivity index (χ0) is 10.1. The molecule has 0 aliphatic rings. The van der Waals surface area contributed by atoms with Crippen LogP contribution in [0.2, 0.25) is 0 Å². The number of aryl methyl sites for hydroxylation is 2. The Morgan fingerprint density at radius 1 is 1.36 bits per heavy atom. The highest BCUT2D eigenvalue weighted by atomic mass is 16.1. The summed E-state index contributed by atoms with van der Waals surface area (Å²) in [4.78, 5) is 22.3. The van der Waals surface area contributed by atoms with Crippen LogP contribution in [0.5, 0.6) is 0 Å². The number of pyridine rings is 1. The third-order valence-corrected chi connectivity index (χ3v) is 2.11. The lowest BCUT2D eigenvalue weighted by Crippen LogP contribution is -2.06. The van der Waals surface area contributed by atoms with Crippen LogP contribution in [-0.2, 0) is 6.42 Å². The minimum atomic E-state index is -0.127. The summed E-state index contributed by atoms with van der Waals surface area (Å²) in [7, 11) is 0. The highest BCUT2D eigenvalue weighted by Gasteiger charge is 2.03. The first-order valence-corrected chi connectivity index (χ1v) is 4.57. The molecule has 2 aromatic heterocycles. The number of H-pyrrole nitrogens is 1. The summed E-state index contributed by atoms with van der Waals surface area (Å²) in [5.74, 6) is 0.691. The van der Waals surface area contributed by atoms with Gasteiger partial charge in [0.1, 0.15) is 11.5 Å². The predicted octanol–water partition coefficient (Wildman–Crippen LogP) is 1.19. The van der Waals surface area contributed by atoms with Crippen LogP contribution in [0, 0.1) is 6.92 Å². The van der Waals surface area contributed by atoms with E-state index in [1.165, 1.54) is 6.07 Å². The van der Waals surface area contributed by atoms with Crippen molar-refractivity contribution in [2.45, 2.75) is 20.3 Å². The van der Waals surface area contributed by atoms with Crippen molar-refractivity contribution < 1.29 is 0 Å². The van der Waals surface area contributed by atoms with Gasteiger partial charge in [-0.3, -0.25) is 4.79 Å². The summed E-state index contributed by atoms with van der Waals surface area (Å²) in [6, 6.07) is 3.27. The van der Waals surface area contributed by atoms with Gasteiger partial charge < -0.3 is 4.98 Å². The highest BCUT2D eigenvalue weighted by Crippen LogP contribution is 2.11. The highest BCUT2D eigenvalue weighted by molar-refractivity contribution is 5.76. The Kier molecular flexibility index (Phi) is 2.04. The molecule has 2 rings (SSSR count). The van der Waals surface area contributed by atoms with Crippen molar-refractivity contribution >= 4 is 11.0 Å². The molecule has 0 fully saturated rings. The van der Waals surface area contributed by atoms with Gasteiger partial charge in [-0.15, -0.1) is 0 Å². The van der Waals surface area contributed by atoms with Gasteiger partial charge in [0, 0.05) is 11.5 Å². The fourth-order valence-electron chi connectivity index (χ4n) is 1.50. The van der Waals surface area contributed by atoms with Crippen LogP contribution < -0.4 is 5.56 Å². The molecular weight excluding hydrogens is 178 g/mol. The summed E-state index contributed by atoms with van der Waals surface area (Å²) in [5, 5.41) is 0.928. The molecule has 0 bridgehead atoms. The second kappa shape index (κ2) is 3.21. The van der Waals surface area contributed by atoms with Gasteiger partial charge in [-0.2, -0.15) is 0 Å². The number of aromatic amines is 1. The molecule has 72 valence electrons. The zero-order valence-corrected chi connectivity index (χ0v) is 8.16. The van der Waals surface area contributed by atoms with E-state index in [2.05, 4.69) is 15.0 Å². The Hall–Kier alpha value is -1.71. The van der Waals surface area contributed by atoms with E-state index >= 15 is 0 Å². The smallest absolute Gasteiger partial charge is 0.249 e. The average Bonchev–Trinajstić information content (AvgIpc) is 2.15. The molecule has 0 aromatic carbocycles. The molecule has 2 heterocycles. The lowest BCUT2D eigenvalue weighted by molar-refractivity contribution is 0.970. The van der Waals surface area contributed by atoms with E-state index in [1.54, 1.807) is 6.07 Å². The summed E-state index contributed by atoms with van der Waals surface area (Å²) in [6.07, 6.45) is 0.839. The van der Waals surface area contributed by atoms with Crippen molar-refractivity contribution in [2.75, 3.05) is 0 Å². The molecule has 0 aliphatic carbocycles. The van der Waals surface area contributed by atoms with Gasteiger partial charge in [0.25, 0.3) is 0 Å². The third-order valence-electron chi connectivity index (χ3n) is 2.11. The van der Waals surface area contributed by atoms with Crippen LogP contribution in [0.1, 0.15) is 18.4 Å². The molecular formula is C10H11N3O. The van der Waals surface area contributed by atoms with E-state index in [0.29, 0.717) is 11.5 Å². The van der Waals surface area contributed by atoms with Crippen LogP contribution in [-0.4, -0.2) is 15.0 Å². The molecule has 0 saturated carbocycles. The van der Waals surface area contributed by atoms with E-state index in [-0.39, 0.29) is 5.56 Å². The predicted molar refractivity (Wildman–Crippen MR) is 54.3 cm³/mol. The molecule has 4 heteroatoms. The molecule has 0 aliphatic heterocycles. The molecule has 0 saturated heterocycles. The number of rotatable bonds is 1.